The number of benzene rings is 1. The molecule has 0 saturated heterocycles. The molecule has 2 aromatic rings. The van der Waals surface area contributed by atoms with Gasteiger partial charge in [-0.05, 0) is 44.2 Å². The molecule has 2 rings (SSSR count). The van der Waals surface area contributed by atoms with Gasteiger partial charge in [-0.15, -0.1) is 0 Å². The monoisotopic (exact) mass is 316 g/mol. The summed E-state index contributed by atoms with van der Waals surface area (Å²) in [6, 6.07) is 7.49. The van der Waals surface area contributed by atoms with Crippen LogP contribution in [0.4, 0.5) is 0 Å². The van der Waals surface area contributed by atoms with E-state index in [-0.39, 0.29) is 17.7 Å². The molecule has 1 heterocycles. The molecule has 2 N–H and O–H groups in total. The molecule has 0 spiro atoms. The highest BCUT2D eigenvalue weighted by molar-refractivity contribution is 5.98. The Morgan fingerprint density at radius 3 is 2.57 bits per heavy atom. The first-order chi connectivity index (χ1) is 10.8. The summed E-state index contributed by atoms with van der Waals surface area (Å²) in [6.45, 7) is 7.65. The number of fused-ring (bicyclic) bond motifs is 1. The van der Waals surface area contributed by atoms with Gasteiger partial charge < -0.3 is 15.0 Å². The number of rotatable bonds is 5. The van der Waals surface area contributed by atoms with Crippen molar-refractivity contribution >= 4 is 16.8 Å². The van der Waals surface area contributed by atoms with Crippen molar-refractivity contribution in [2.24, 2.45) is 0 Å². The zero-order valence-corrected chi connectivity index (χ0v) is 14.1. The topological polar surface area (TPSA) is 71.3 Å². The third-order valence-corrected chi connectivity index (χ3v) is 3.99. The summed E-state index contributed by atoms with van der Waals surface area (Å²) in [6.07, 6.45) is 0.819. The summed E-state index contributed by atoms with van der Waals surface area (Å²) in [5.41, 5.74) is 1.01. The predicted molar refractivity (Wildman–Crippen MR) is 91.9 cm³/mol. The van der Waals surface area contributed by atoms with Gasteiger partial charge in [0.2, 0.25) is 0 Å². The lowest BCUT2D eigenvalue weighted by atomic mass is 10.0. The molecule has 0 atom stereocenters. The van der Waals surface area contributed by atoms with E-state index in [0.717, 1.165) is 22.9 Å². The summed E-state index contributed by atoms with van der Waals surface area (Å²) in [5.74, 6) is -0.458. The average molecular weight is 316 g/mol. The zero-order valence-electron chi connectivity index (χ0n) is 14.1. The average Bonchev–Trinajstić information content (AvgIpc) is 2.53. The summed E-state index contributed by atoms with van der Waals surface area (Å²) in [5, 5.41) is 12.9. The highest BCUT2D eigenvalue weighted by atomic mass is 16.3. The Hall–Kier alpha value is -2.14. The van der Waals surface area contributed by atoms with Crippen molar-refractivity contribution in [1.29, 1.82) is 0 Å². The first-order valence-corrected chi connectivity index (χ1v) is 7.93. The van der Waals surface area contributed by atoms with Gasteiger partial charge in [0.15, 0.2) is 0 Å². The van der Waals surface area contributed by atoms with E-state index >= 15 is 0 Å². The quantitative estimate of drug-likeness (QED) is 0.887. The highest BCUT2D eigenvalue weighted by Gasteiger charge is 2.23. The lowest BCUT2D eigenvalue weighted by molar-refractivity contribution is 0.0867. The molecule has 0 aliphatic carbocycles. The first kappa shape index (κ1) is 17.2. The molecule has 1 aromatic carbocycles. The number of pyridine rings is 1. The molecule has 0 unspecified atom stereocenters. The molecule has 1 amide bonds. The van der Waals surface area contributed by atoms with Crippen LogP contribution < -0.4 is 10.9 Å². The van der Waals surface area contributed by atoms with Crippen LogP contribution >= 0.6 is 0 Å². The van der Waals surface area contributed by atoms with Crippen molar-refractivity contribution in [3.63, 3.8) is 0 Å². The molecule has 0 aliphatic heterocycles. The number of nitrogens with zero attached hydrogens (tertiary/aromatic N) is 1. The van der Waals surface area contributed by atoms with Crippen LogP contribution in [0.2, 0.25) is 0 Å². The van der Waals surface area contributed by atoms with E-state index in [1.165, 1.54) is 0 Å². The Labute approximate surface area is 135 Å². The van der Waals surface area contributed by atoms with Crippen LogP contribution in [0.25, 0.3) is 10.9 Å². The van der Waals surface area contributed by atoms with Gasteiger partial charge >= 0.3 is 0 Å². The number of aryl methyl sites for hydroxylation is 2. The van der Waals surface area contributed by atoms with Crippen molar-refractivity contribution in [2.75, 3.05) is 6.61 Å². The SMILES string of the molecule is CCc1cccc2cc(C(=O)NC(C)(C)CO)c(=O)n(CC)c12. The Morgan fingerprint density at radius 2 is 2.00 bits per heavy atom. The van der Waals surface area contributed by atoms with Crippen LogP contribution in [0, 0.1) is 0 Å². The summed E-state index contributed by atoms with van der Waals surface area (Å²) in [4.78, 5) is 25.2. The zero-order chi connectivity index (χ0) is 17.2. The second kappa shape index (κ2) is 6.54. The van der Waals surface area contributed by atoms with Gasteiger partial charge in [0.25, 0.3) is 11.5 Å². The maximum atomic E-state index is 12.7. The number of hydrogen-bond acceptors (Lipinski definition) is 3. The highest BCUT2D eigenvalue weighted by Crippen LogP contribution is 2.19. The first-order valence-electron chi connectivity index (χ1n) is 7.93. The van der Waals surface area contributed by atoms with Crippen molar-refractivity contribution in [3.05, 3.63) is 45.7 Å². The fraction of sp³-hybridized carbons (Fsp3) is 0.444. The maximum Gasteiger partial charge on any atom is 0.263 e. The fourth-order valence-corrected chi connectivity index (χ4v) is 2.68. The number of nitrogens with one attached hydrogen (secondary N) is 1. The molecule has 0 bridgehead atoms. The van der Waals surface area contributed by atoms with E-state index in [0.29, 0.717) is 6.54 Å². The lowest BCUT2D eigenvalue weighted by Gasteiger charge is -2.23. The van der Waals surface area contributed by atoms with Gasteiger partial charge in [0, 0.05) is 6.54 Å². The minimum atomic E-state index is -0.777. The number of hydrogen-bond donors (Lipinski definition) is 2. The van der Waals surface area contributed by atoms with Crippen LogP contribution in [0.1, 0.15) is 43.6 Å². The lowest BCUT2D eigenvalue weighted by Crippen LogP contribution is -2.48. The molecule has 0 aliphatic rings. The van der Waals surface area contributed by atoms with Crippen molar-refractivity contribution in [2.45, 2.75) is 46.2 Å². The van der Waals surface area contributed by atoms with Crippen molar-refractivity contribution in [3.8, 4) is 0 Å². The van der Waals surface area contributed by atoms with Crippen LogP contribution in [-0.4, -0.2) is 27.7 Å². The van der Waals surface area contributed by atoms with E-state index in [2.05, 4.69) is 5.32 Å². The van der Waals surface area contributed by atoms with Crippen molar-refractivity contribution in [1.82, 2.24) is 9.88 Å². The molecule has 23 heavy (non-hydrogen) atoms. The molecule has 0 saturated carbocycles. The van der Waals surface area contributed by atoms with Crippen LogP contribution in [0.15, 0.2) is 29.1 Å². The molecule has 5 heteroatoms. The number of amides is 1. The second-order valence-electron chi connectivity index (χ2n) is 6.31. The Morgan fingerprint density at radius 1 is 1.30 bits per heavy atom. The summed E-state index contributed by atoms with van der Waals surface area (Å²) < 4.78 is 1.65. The fourth-order valence-electron chi connectivity index (χ4n) is 2.68. The Balaban J connectivity index is 2.66. The molecule has 124 valence electrons. The molecule has 0 radical (unpaired) electrons. The van der Waals surface area contributed by atoms with Crippen LogP contribution in [0.5, 0.6) is 0 Å². The normalized spacial score (nSPS) is 11.7. The molecule has 0 fully saturated rings. The van der Waals surface area contributed by atoms with E-state index in [1.807, 2.05) is 32.0 Å². The predicted octanol–water partition coefficient (Wildman–Crippen LogP) is 2.08. The third-order valence-electron chi connectivity index (χ3n) is 3.99. The molecule has 1 aromatic heterocycles. The van der Waals surface area contributed by atoms with Crippen molar-refractivity contribution < 1.29 is 9.90 Å². The van der Waals surface area contributed by atoms with Crippen LogP contribution in [0.3, 0.4) is 0 Å². The van der Waals surface area contributed by atoms with E-state index in [9.17, 15) is 14.7 Å². The van der Waals surface area contributed by atoms with Gasteiger partial charge in [0.05, 0.1) is 17.7 Å². The standard InChI is InChI=1S/C18H24N2O3/c1-5-12-8-7-9-13-10-14(16(22)19-18(3,4)11-21)17(23)20(6-2)15(12)13/h7-10,21H,5-6,11H2,1-4H3,(H,19,22). The number of aromatic nitrogens is 1. The third kappa shape index (κ3) is 3.29. The minimum absolute atomic E-state index is 0.106. The second-order valence-corrected chi connectivity index (χ2v) is 6.31. The van der Waals surface area contributed by atoms with E-state index in [1.54, 1.807) is 24.5 Å². The summed E-state index contributed by atoms with van der Waals surface area (Å²) >= 11 is 0. The van der Waals surface area contributed by atoms with Gasteiger partial charge in [0.1, 0.15) is 5.56 Å². The number of carbonyl (C=O) groups is 1. The molecular formula is C18H24N2O3. The Kier molecular flexibility index (Phi) is 4.90. The van der Waals surface area contributed by atoms with Gasteiger partial charge in [-0.3, -0.25) is 9.59 Å². The number of aliphatic hydroxyl groups is 1. The largest absolute Gasteiger partial charge is 0.394 e. The summed E-state index contributed by atoms with van der Waals surface area (Å²) in [7, 11) is 0. The van der Waals surface area contributed by atoms with E-state index < -0.39 is 11.4 Å². The van der Waals surface area contributed by atoms with Gasteiger partial charge in [-0.1, -0.05) is 25.1 Å². The molecule has 5 nitrogen and oxygen atoms in total. The number of para-hydroxylation sites is 1. The minimum Gasteiger partial charge on any atom is -0.394 e. The number of carbonyl (C=O) groups excluding carboxylic acids is 1. The smallest absolute Gasteiger partial charge is 0.263 e. The van der Waals surface area contributed by atoms with E-state index in [4.69, 9.17) is 0 Å². The van der Waals surface area contributed by atoms with Gasteiger partial charge in [-0.2, -0.15) is 0 Å². The Bertz CT molecular complexity index is 791. The number of aliphatic hydroxyl groups excluding tert-OH is 1. The van der Waals surface area contributed by atoms with Gasteiger partial charge in [-0.25, -0.2) is 0 Å². The molecular weight excluding hydrogens is 292 g/mol. The van der Waals surface area contributed by atoms with Crippen LogP contribution in [-0.2, 0) is 13.0 Å². The maximum absolute atomic E-state index is 12.7.